The number of anilines is 1. The maximum atomic E-state index is 12.7. The smallest absolute Gasteiger partial charge is 0.252 e. The number of nitrogens with zero attached hydrogens (tertiary/aromatic N) is 5. The lowest BCUT2D eigenvalue weighted by Crippen LogP contribution is -2.43. The first-order valence-electron chi connectivity index (χ1n) is 10.5. The number of pyridine rings is 1. The first-order chi connectivity index (χ1) is 15.6. The summed E-state index contributed by atoms with van der Waals surface area (Å²) in [6.07, 6.45) is 6.66. The summed E-state index contributed by atoms with van der Waals surface area (Å²) in [6.45, 7) is 0. The van der Waals surface area contributed by atoms with Crippen LogP contribution in [-0.2, 0) is 5.54 Å². The first-order valence-corrected chi connectivity index (χ1v) is 10.5. The zero-order valence-corrected chi connectivity index (χ0v) is 17.4. The van der Waals surface area contributed by atoms with E-state index in [1.807, 2.05) is 24.3 Å². The number of ether oxygens (including phenoxy) is 1. The van der Waals surface area contributed by atoms with Crippen molar-refractivity contribution in [1.29, 1.82) is 0 Å². The van der Waals surface area contributed by atoms with Crippen molar-refractivity contribution in [2.24, 2.45) is 0 Å². The van der Waals surface area contributed by atoms with Crippen molar-refractivity contribution >= 4 is 22.8 Å². The summed E-state index contributed by atoms with van der Waals surface area (Å²) in [5, 5.41) is 11.0. The highest BCUT2D eigenvalue weighted by atomic mass is 16.6. The third-order valence-corrected chi connectivity index (χ3v) is 6.71. The molecule has 1 spiro atoms. The summed E-state index contributed by atoms with van der Waals surface area (Å²) < 4.78 is 12.6. The summed E-state index contributed by atoms with van der Waals surface area (Å²) in [6, 6.07) is 7.71. The quantitative estimate of drug-likeness (QED) is 0.506. The van der Waals surface area contributed by atoms with Gasteiger partial charge in [0.2, 0.25) is 0 Å². The molecule has 0 radical (unpaired) electrons. The predicted octanol–water partition coefficient (Wildman–Crippen LogP) is 2.83. The molecule has 0 atom stereocenters. The van der Waals surface area contributed by atoms with Gasteiger partial charge in [-0.1, -0.05) is 6.07 Å². The van der Waals surface area contributed by atoms with Crippen molar-refractivity contribution in [2.45, 2.75) is 37.3 Å². The molecular formula is C22H21N7O3. The third kappa shape index (κ3) is 2.55. The molecule has 1 aromatic carbocycles. The summed E-state index contributed by atoms with van der Waals surface area (Å²) in [5.41, 5.74) is 9.35. The molecule has 1 saturated carbocycles. The van der Waals surface area contributed by atoms with E-state index in [-0.39, 0.29) is 17.8 Å². The number of rotatable bonds is 3. The van der Waals surface area contributed by atoms with Crippen LogP contribution in [0.1, 0.15) is 47.6 Å². The molecule has 0 saturated heterocycles. The molecule has 2 aliphatic rings. The molecule has 1 aliphatic heterocycles. The fourth-order valence-electron chi connectivity index (χ4n) is 5.30. The minimum Gasteiger partial charge on any atom is -0.496 e. The van der Waals surface area contributed by atoms with E-state index in [0.717, 1.165) is 48.0 Å². The second-order valence-electron chi connectivity index (χ2n) is 8.32. The van der Waals surface area contributed by atoms with Gasteiger partial charge in [-0.2, -0.15) is 0 Å². The standard InChI is InChI=1S/C22H21N7O3/c1-31-16-4-2-3-13-17(16)22(26-21(13)30)8-5-12(6-9-22)29-15-7-10-24-11-14(15)25-20(29)18-19(23)28-32-27-18/h2-4,7,10-12H,5-6,8-9H2,1H3,(H2,23,28)(H,26,30). The highest BCUT2D eigenvalue weighted by molar-refractivity contribution is 6.01. The summed E-state index contributed by atoms with van der Waals surface area (Å²) in [7, 11) is 1.64. The molecular weight excluding hydrogens is 410 g/mol. The number of fused-ring (bicyclic) bond motifs is 3. The highest BCUT2D eigenvalue weighted by Gasteiger charge is 2.47. The molecule has 4 heterocycles. The fraction of sp³-hybridized carbons (Fsp3) is 0.318. The highest BCUT2D eigenvalue weighted by Crippen LogP contribution is 2.49. The maximum Gasteiger partial charge on any atom is 0.252 e. The average molecular weight is 431 g/mol. The van der Waals surface area contributed by atoms with Crippen LogP contribution in [0.4, 0.5) is 5.82 Å². The van der Waals surface area contributed by atoms with Crippen LogP contribution in [0, 0.1) is 0 Å². The molecule has 3 aromatic heterocycles. The Labute approximate surface area is 182 Å². The second kappa shape index (κ2) is 6.78. The lowest BCUT2D eigenvalue weighted by molar-refractivity contribution is 0.0896. The summed E-state index contributed by atoms with van der Waals surface area (Å²) in [5.74, 6) is 1.52. The largest absolute Gasteiger partial charge is 0.496 e. The van der Waals surface area contributed by atoms with Gasteiger partial charge in [0.15, 0.2) is 17.3 Å². The number of nitrogens with one attached hydrogen (secondary N) is 1. The number of hydrogen-bond acceptors (Lipinski definition) is 8. The Kier molecular flexibility index (Phi) is 3.98. The second-order valence-corrected chi connectivity index (χ2v) is 8.32. The van der Waals surface area contributed by atoms with Crippen LogP contribution in [0.3, 0.4) is 0 Å². The molecule has 4 aromatic rings. The number of hydrogen-bond donors (Lipinski definition) is 2. The Morgan fingerprint density at radius 1 is 1.25 bits per heavy atom. The summed E-state index contributed by atoms with van der Waals surface area (Å²) in [4.78, 5) is 21.6. The third-order valence-electron chi connectivity index (χ3n) is 6.71. The minimum atomic E-state index is -0.428. The van der Waals surface area contributed by atoms with E-state index in [9.17, 15) is 4.79 Å². The predicted molar refractivity (Wildman–Crippen MR) is 115 cm³/mol. The van der Waals surface area contributed by atoms with Gasteiger partial charge in [0.05, 0.1) is 24.4 Å². The average Bonchev–Trinajstić information content (AvgIpc) is 3.49. The van der Waals surface area contributed by atoms with Crippen LogP contribution in [0.25, 0.3) is 22.6 Å². The molecule has 0 unspecified atom stereocenters. The van der Waals surface area contributed by atoms with E-state index >= 15 is 0 Å². The molecule has 162 valence electrons. The number of amides is 1. The van der Waals surface area contributed by atoms with Crippen molar-refractivity contribution in [3.05, 3.63) is 47.8 Å². The van der Waals surface area contributed by atoms with E-state index in [1.54, 1.807) is 19.5 Å². The van der Waals surface area contributed by atoms with Crippen molar-refractivity contribution < 1.29 is 14.2 Å². The zero-order chi connectivity index (χ0) is 21.9. The minimum absolute atomic E-state index is 0.0429. The number of imidazole rings is 1. The van der Waals surface area contributed by atoms with Gasteiger partial charge in [-0.3, -0.25) is 9.78 Å². The molecule has 6 rings (SSSR count). The molecule has 1 fully saturated rings. The molecule has 1 amide bonds. The van der Waals surface area contributed by atoms with E-state index in [2.05, 4.69) is 25.2 Å². The van der Waals surface area contributed by atoms with Crippen molar-refractivity contribution in [3.63, 3.8) is 0 Å². The Balaban J connectivity index is 1.40. The number of carbonyl (C=O) groups excluding carboxylic acids is 1. The van der Waals surface area contributed by atoms with E-state index < -0.39 is 5.54 Å². The number of nitrogen functional groups attached to an aromatic ring is 1. The van der Waals surface area contributed by atoms with Crippen LogP contribution in [0.15, 0.2) is 41.3 Å². The van der Waals surface area contributed by atoms with Crippen LogP contribution in [-0.4, -0.2) is 37.9 Å². The normalized spacial score (nSPS) is 22.3. The first kappa shape index (κ1) is 18.8. The van der Waals surface area contributed by atoms with Gasteiger partial charge in [-0.15, -0.1) is 0 Å². The van der Waals surface area contributed by atoms with E-state index in [0.29, 0.717) is 17.1 Å². The van der Waals surface area contributed by atoms with E-state index in [4.69, 9.17) is 20.1 Å². The number of benzene rings is 1. The monoisotopic (exact) mass is 431 g/mol. The van der Waals surface area contributed by atoms with Gasteiger partial charge >= 0.3 is 0 Å². The fourth-order valence-corrected chi connectivity index (χ4v) is 5.30. The van der Waals surface area contributed by atoms with Crippen LogP contribution >= 0.6 is 0 Å². The van der Waals surface area contributed by atoms with Crippen LogP contribution in [0.5, 0.6) is 5.75 Å². The Morgan fingerprint density at radius 3 is 2.84 bits per heavy atom. The van der Waals surface area contributed by atoms with Crippen molar-refractivity contribution in [3.8, 4) is 17.3 Å². The SMILES string of the molecule is COc1cccc2c1C1(CCC(n3c(-c4nonc4N)nc4cnccc43)CC1)NC2=O. The van der Waals surface area contributed by atoms with Gasteiger partial charge in [-0.05, 0) is 54.2 Å². The topological polar surface area (TPSA) is 134 Å². The van der Waals surface area contributed by atoms with Gasteiger partial charge in [0.1, 0.15) is 11.3 Å². The number of nitrogens with two attached hydrogens (primary N) is 1. The van der Waals surface area contributed by atoms with Crippen molar-refractivity contribution in [2.75, 3.05) is 12.8 Å². The molecule has 32 heavy (non-hydrogen) atoms. The lowest BCUT2D eigenvalue weighted by atomic mass is 9.75. The van der Waals surface area contributed by atoms with Crippen molar-refractivity contribution in [1.82, 2.24) is 30.2 Å². The van der Waals surface area contributed by atoms with Crippen LogP contribution < -0.4 is 15.8 Å². The number of methoxy groups -OCH3 is 1. The van der Waals surface area contributed by atoms with Gasteiger partial charge in [0, 0.05) is 23.4 Å². The summed E-state index contributed by atoms with van der Waals surface area (Å²) >= 11 is 0. The lowest BCUT2D eigenvalue weighted by Gasteiger charge is -2.39. The molecule has 1 aliphatic carbocycles. The van der Waals surface area contributed by atoms with Gasteiger partial charge < -0.3 is 20.4 Å². The molecule has 10 nitrogen and oxygen atoms in total. The zero-order valence-electron chi connectivity index (χ0n) is 17.4. The molecule has 3 N–H and O–H groups in total. The Hall–Kier alpha value is -3.95. The van der Waals surface area contributed by atoms with Gasteiger partial charge in [-0.25, -0.2) is 9.61 Å². The Morgan fingerprint density at radius 2 is 2.09 bits per heavy atom. The van der Waals surface area contributed by atoms with Gasteiger partial charge in [0.25, 0.3) is 5.91 Å². The Bertz CT molecular complexity index is 1350. The number of carbonyl (C=O) groups is 1. The number of aromatic nitrogens is 5. The van der Waals surface area contributed by atoms with Crippen LogP contribution in [0.2, 0.25) is 0 Å². The molecule has 10 heteroatoms. The molecule has 0 bridgehead atoms. The van der Waals surface area contributed by atoms with E-state index in [1.165, 1.54) is 0 Å². The maximum absolute atomic E-state index is 12.7.